The highest BCUT2D eigenvalue weighted by molar-refractivity contribution is 6.01. The van der Waals surface area contributed by atoms with E-state index < -0.39 is 17.4 Å². The van der Waals surface area contributed by atoms with E-state index in [0.717, 1.165) is 43.4 Å². The molecule has 5 rings (SSSR count). The Balaban J connectivity index is 1.31. The number of methoxy groups -OCH3 is 1. The number of amides is 1. The number of aliphatic imine (C=N–C) groups is 1. The molecule has 2 aliphatic heterocycles. The predicted molar refractivity (Wildman–Crippen MR) is 150 cm³/mol. The van der Waals surface area contributed by atoms with Gasteiger partial charge in [0.25, 0.3) is 5.90 Å². The highest BCUT2D eigenvalue weighted by atomic mass is 19.1. The van der Waals surface area contributed by atoms with E-state index in [2.05, 4.69) is 27.1 Å². The third kappa shape index (κ3) is 5.82. The maximum atomic E-state index is 14.9. The van der Waals surface area contributed by atoms with E-state index in [0.29, 0.717) is 30.2 Å². The van der Waals surface area contributed by atoms with Crippen molar-refractivity contribution in [1.29, 1.82) is 0 Å². The van der Waals surface area contributed by atoms with E-state index in [-0.39, 0.29) is 23.3 Å². The van der Waals surface area contributed by atoms with Crippen molar-refractivity contribution in [3.05, 3.63) is 67.0 Å². The van der Waals surface area contributed by atoms with Crippen molar-refractivity contribution in [2.75, 3.05) is 35.7 Å². The van der Waals surface area contributed by atoms with Crippen LogP contribution in [0.2, 0.25) is 0 Å². The van der Waals surface area contributed by atoms with Crippen molar-refractivity contribution in [2.24, 2.45) is 16.8 Å². The summed E-state index contributed by atoms with van der Waals surface area (Å²) in [5.74, 6) is 0.430. The molecule has 39 heavy (non-hydrogen) atoms. The number of anilines is 3. The Morgan fingerprint density at radius 1 is 1.18 bits per heavy atom. The van der Waals surface area contributed by atoms with Crippen LogP contribution >= 0.6 is 0 Å². The Morgan fingerprint density at radius 3 is 2.67 bits per heavy atom. The lowest BCUT2D eigenvalue weighted by molar-refractivity contribution is -0.118. The number of nitrogens with one attached hydrogen (secondary N) is 2. The number of para-hydroxylation sites is 2. The number of benzene rings is 2. The number of carbonyl (C=O) groups is 2. The largest absolute Gasteiger partial charge is 0.495 e. The summed E-state index contributed by atoms with van der Waals surface area (Å²) in [4.78, 5) is 30.2. The summed E-state index contributed by atoms with van der Waals surface area (Å²) in [6, 6.07) is 12.8. The smallest absolute Gasteiger partial charge is 0.253 e. The number of hydrogen-bond acceptors (Lipinski definition) is 7. The van der Waals surface area contributed by atoms with Gasteiger partial charge < -0.3 is 29.8 Å². The third-order valence-electron chi connectivity index (χ3n) is 7.47. The first-order valence-corrected chi connectivity index (χ1v) is 13.2. The van der Waals surface area contributed by atoms with Gasteiger partial charge in [-0.15, -0.1) is 0 Å². The Morgan fingerprint density at radius 2 is 1.95 bits per heavy atom. The summed E-state index contributed by atoms with van der Waals surface area (Å²) in [5.41, 5.74) is 1.46. The number of rotatable bonds is 9. The number of nitrogens with zero attached hydrogens (tertiary/aromatic N) is 2. The number of fused-ring (bicyclic) bond motifs is 1. The van der Waals surface area contributed by atoms with E-state index in [1.54, 1.807) is 38.3 Å². The monoisotopic (exact) mass is 532 g/mol. The molecule has 9 heteroatoms. The molecular weight excluding hydrogens is 499 g/mol. The maximum absolute atomic E-state index is 14.9. The standard InChI is InChI=1S/C30H33FN4O4/c1-4-28(37)32-24-7-5-6-8-26(24)39-29-23(31)16-21-18-30(21,34-29)33-25-10-9-22(17-27(25)38-3)35-13-11-20(12-14-35)15-19(2)36/h4-10,16-17,20-21,33H,1,11-15,18H2,2-3H3,(H,32,37). The Hall–Kier alpha value is -4.14. The van der Waals surface area contributed by atoms with Gasteiger partial charge in [0, 0.05) is 43.6 Å². The molecule has 8 nitrogen and oxygen atoms in total. The van der Waals surface area contributed by atoms with Gasteiger partial charge in [-0.05, 0) is 62.1 Å². The average molecular weight is 533 g/mol. The van der Waals surface area contributed by atoms with Crippen molar-refractivity contribution in [3.63, 3.8) is 0 Å². The van der Waals surface area contributed by atoms with Gasteiger partial charge in [0.15, 0.2) is 11.6 Å². The normalized spacial score (nSPS) is 22.1. The number of carbonyl (C=O) groups excluding carboxylic acids is 2. The summed E-state index contributed by atoms with van der Waals surface area (Å²) in [6.07, 6.45) is 5.91. The predicted octanol–water partition coefficient (Wildman–Crippen LogP) is 5.49. The maximum Gasteiger partial charge on any atom is 0.253 e. The van der Waals surface area contributed by atoms with E-state index in [9.17, 15) is 14.0 Å². The van der Waals surface area contributed by atoms with Crippen molar-refractivity contribution >= 4 is 34.7 Å². The van der Waals surface area contributed by atoms with Crippen LogP contribution in [0.3, 0.4) is 0 Å². The van der Waals surface area contributed by atoms with Crippen LogP contribution in [0.1, 0.15) is 32.6 Å². The molecule has 0 bridgehead atoms. The Bertz CT molecular complexity index is 1350. The summed E-state index contributed by atoms with van der Waals surface area (Å²) >= 11 is 0. The SMILES string of the molecule is C=CC(=O)Nc1ccccc1OC1=NC2(Nc3ccc(N4CCC(CC(C)=O)CC4)cc3OC)CC2C=C1F. The highest BCUT2D eigenvalue weighted by Gasteiger charge is 2.57. The lowest BCUT2D eigenvalue weighted by atomic mass is 9.92. The molecule has 2 fully saturated rings. The summed E-state index contributed by atoms with van der Waals surface area (Å²) in [6.45, 7) is 6.90. The molecule has 0 spiro atoms. The van der Waals surface area contributed by atoms with Crippen LogP contribution in [0, 0.1) is 11.8 Å². The fourth-order valence-electron chi connectivity index (χ4n) is 5.29. The molecule has 2 aromatic rings. The number of piperidine rings is 1. The van der Waals surface area contributed by atoms with Gasteiger partial charge in [0.05, 0.1) is 18.5 Å². The van der Waals surface area contributed by atoms with E-state index >= 15 is 0 Å². The lowest BCUT2D eigenvalue weighted by Crippen LogP contribution is -2.34. The van der Waals surface area contributed by atoms with Gasteiger partial charge in [-0.1, -0.05) is 18.7 Å². The fraction of sp³-hybridized carbons (Fsp3) is 0.367. The molecule has 1 amide bonds. The molecule has 204 valence electrons. The molecule has 2 aromatic carbocycles. The molecule has 0 aromatic heterocycles. The second-order valence-electron chi connectivity index (χ2n) is 10.3. The molecule has 1 saturated heterocycles. The zero-order valence-electron chi connectivity index (χ0n) is 22.2. The average Bonchev–Trinajstić information content (AvgIpc) is 3.61. The zero-order valence-corrected chi connectivity index (χ0v) is 22.2. The number of ketones is 1. The van der Waals surface area contributed by atoms with Gasteiger partial charge in [0.1, 0.15) is 17.2 Å². The summed E-state index contributed by atoms with van der Waals surface area (Å²) < 4.78 is 26.5. The lowest BCUT2D eigenvalue weighted by Gasteiger charge is -2.33. The van der Waals surface area contributed by atoms with Crippen LogP contribution in [0.15, 0.2) is 72.0 Å². The first-order valence-electron chi connectivity index (χ1n) is 13.2. The van der Waals surface area contributed by atoms with E-state index in [1.807, 2.05) is 18.2 Å². The zero-order chi connectivity index (χ0) is 27.6. The number of dihydropyridines is 1. The van der Waals surface area contributed by atoms with Gasteiger partial charge in [0.2, 0.25) is 5.91 Å². The first-order chi connectivity index (χ1) is 18.8. The van der Waals surface area contributed by atoms with Crippen LogP contribution in [0.4, 0.5) is 21.5 Å². The number of hydrogen-bond donors (Lipinski definition) is 2. The van der Waals surface area contributed by atoms with E-state index in [1.165, 1.54) is 6.08 Å². The fourth-order valence-corrected chi connectivity index (χ4v) is 5.29. The summed E-state index contributed by atoms with van der Waals surface area (Å²) in [5, 5.41) is 6.12. The van der Waals surface area contributed by atoms with Crippen LogP contribution in [-0.4, -0.2) is 43.5 Å². The third-order valence-corrected chi connectivity index (χ3v) is 7.47. The first kappa shape index (κ1) is 26.5. The van der Waals surface area contributed by atoms with Gasteiger partial charge >= 0.3 is 0 Å². The second kappa shape index (κ2) is 10.9. The number of Topliss-reactive ketones (excluding diaryl/α,β-unsaturated/α-hetero) is 1. The highest BCUT2D eigenvalue weighted by Crippen LogP contribution is 2.52. The minimum atomic E-state index is -0.746. The minimum absolute atomic E-state index is 0.120. The van der Waals surface area contributed by atoms with Crippen molar-refractivity contribution in [3.8, 4) is 11.5 Å². The number of halogens is 1. The molecule has 3 aliphatic rings. The van der Waals surface area contributed by atoms with E-state index in [4.69, 9.17) is 9.47 Å². The Kier molecular flexibility index (Phi) is 7.41. The van der Waals surface area contributed by atoms with Crippen LogP contribution in [0.5, 0.6) is 11.5 Å². The van der Waals surface area contributed by atoms with Gasteiger partial charge in [-0.3, -0.25) is 4.79 Å². The van der Waals surface area contributed by atoms with Crippen LogP contribution in [0.25, 0.3) is 0 Å². The van der Waals surface area contributed by atoms with Crippen molar-refractivity contribution < 1.29 is 23.5 Å². The topological polar surface area (TPSA) is 92.3 Å². The van der Waals surface area contributed by atoms with Crippen LogP contribution in [-0.2, 0) is 9.59 Å². The molecule has 2 unspecified atom stereocenters. The molecule has 1 saturated carbocycles. The Labute approximate surface area is 227 Å². The van der Waals surface area contributed by atoms with Gasteiger partial charge in [-0.25, -0.2) is 9.38 Å². The molecule has 2 heterocycles. The second-order valence-corrected chi connectivity index (χ2v) is 10.3. The quantitative estimate of drug-likeness (QED) is 0.415. The van der Waals surface area contributed by atoms with Crippen molar-refractivity contribution in [2.45, 2.75) is 38.3 Å². The number of ether oxygens (including phenoxy) is 2. The minimum Gasteiger partial charge on any atom is -0.495 e. The summed E-state index contributed by atoms with van der Waals surface area (Å²) in [7, 11) is 1.62. The van der Waals surface area contributed by atoms with Crippen molar-refractivity contribution in [1.82, 2.24) is 0 Å². The molecular formula is C30H33FN4O4. The molecule has 2 atom stereocenters. The van der Waals surface area contributed by atoms with Gasteiger partial charge in [-0.2, -0.15) is 0 Å². The van der Waals surface area contributed by atoms with Crippen LogP contribution < -0.4 is 25.0 Å². The molecule has 0 radical (unpaired) electrons. The molecule has 1 aliphatic carbocycles. The molecule has 2 N–H and O–H groups in total.